The van der Waals surface area contributed by atoms with Crippen molar-refractivity contribution in [1.29, 1.82) is 0 Å². The van der Waals surface area contributed by atoms with Crippen molar-refractivity contribution in [2.75, 3.05) is 0 Å². The SMILES string of the molecule is CC(C)(C)CC(C(=O)NO)C(C)(C)C. The van der Waals surface area contributed by atoms with Gasteiger partial charge < -0.3 is 0 Å². The van der Waals surface area contributed by atoms with E-state index < -0.39 is 0 Å². The molecule has 1 unspecified atom stereocenters. The molecule has 0 radical (unpaired) electrons. The maximum atomic E-state index is 11.5. The van der Waals surface area contributed by atoms with Gasteiger partial charge in [-0.05, 0) is 17.3 Å². The second kappa shape index (κ2) is 4.30. The van der Waals surface area contributed by atoms with Gasteiger partial charge in [-0.25, -0.2) is 5.48 Å². The summed E-state index contributed by atoms with van der Waals surface area (Å²) >= 11 is 0. The van der Waals surface area contributed by atoms with Crippen LogP contribution in [0.1, 0.15) is 48.0 Å². The molecule has 1 atom stereocenters. The van der Waals surface area contributed by atoms with Crippen LogP contribution in [0, 0.1) is 16.7 Å². The Labute approximate surface area is 86.8 Å². The molecule has 0 aromatic heterocycles. The molecule has 0 aliphatic heterocycles. The lowest BCUT2D eigenvalue weighted by molar-refractivity contribution is -0.138. The second-order valence-electron chi connectivity index (χ2n) is 6.16. The molecule has 1 amide bonds. The van der Waals surface area contributed by atoms with Crippen LogP contribution in [-0.2, 0) is 4.79 Å². The fraction of sp³-hybridized carbons (Fsp3) is 0.909. The molecule has 0 heterocycles. The number of carbonyl (C=O) groups is 1. The minimum Gasteiger partial charge on any atom is -0.289 e. The summed E-state index contributed by atoms with van der Waals surface area (Å²) < 4.78 is 0. The predicted molar refractivity (Wildman–Crippen MR) is 56.9 cm³/mol. The van der Waals surface area contributed by atoms with Crippen LogP contribution in [0.3, 0.4) is 0 Å². The lowest BCUT2D eigenvalue weighted by Gasteiger charge is -2.33. The fourth-order valence-corrected chi connectivity index (χ4v) is 1.48. The molecule has 3 nitrogen and oxygen atoms in total. The zero-order chi connectivity index (χ0) is 11.6. The Kier molecular flexibility index (Phi) is 4.13. The van der Waals surface area contributed by atoms with Crippen molar-refractivity contribution in [2.45, 2.75) is 48.0 Å². The van der Waals surface area contributed by atoms with Gasteiger partial charge in [-0.1, -0.05) is 41.5 Å². The molecule has 0 aromatic carbocycles. The highest BCUT2D eigenvalue weighted by Gasteiger charge is 2.34. The van der Waals surface area contributed by atoms with Crippen LogP contribution in [-0.4, -0.2) is 11.1 Å². The van der Waals surface area contributed by atoms with Gasteiger partial charge in [-0.15, -0.1) is 0 Å². The van der Waals surface area contributed by atoms with Crippen molar-refractivity contribution in [1.82, 2.24) is 5.48 Å². The second-order valence-corrected chi connectivity index (χ2v) is 6.16. The van der Waals surface area contributed by atoms with E-state index in [0.717, 1.165) is 6.42 Å². The largest absolute Gasteiger partial charge is 0.289 e. The molecule has 0 aliphatic carbocycles. The zero-order valence-corrected chi connectivity index (χ0v) is 10.1. The molecule has 0 spiro atoms. The molecular formula is C11H23NO2. The van der Waals surface area contributed by atoms with Gasteiger partial charge in [0.25, 0.3) is 0 Å². The van der Waals surface area contributed by atoms with Crippen LogP contribution in [0.5, 0.6) is 0 Å². The van der Waals surface area contributed by atoms with E-state index in [1.165, 1.54) is 0 Å². The maximum absolute atomic E-state index is 11.5. The van der Waals surface area contributed by atoms with Gasteiger partial charge in [-0.2, -0.15) is 0 Å². The first-order chi connectivity index (χ1) is 6.08. The lowest BCUT2D eigenvalue weighted by Crippen LogP contribution is -2.38. The summed E-state index contributed by atoms with van der Waals surface area (Å²) in [5.41, 5.74) is 1.72. The van der Waals surface area contributed by atoms with E-state index in [0.29, 0.717) is 0 Å². The molecule has 0 fully saturated rings. The monoisotopic (exact) mass is 201 g/mol. The van der Waals surface area contributed by atoms with Crippen molar-refractivity contribution in [3.05, 3.63) is 0 Å². The van der Waals surface area contributed by atoms with Gasteiger partial charge in [0, 0.05) is 5.92 Å². The average Bonchev–Trinajstić information content (AvgIpc) is 1.95. The van der Waals surface area contributed by atoms with E-state index in [1.807, 2.05) is 20.8 Å². The Morgan fingerprint density at radius 2 is 1.64 bits per heavy atom. The highest BCUT2D eigenvalue weighted by molar-refractivity contribution is 5.78. The Morgan fingerprint density at radius 3 is 1.86 bits per heavy atom. The van der Waals surface area contributed by atoms with Crippen LogP contribution >= 0.6 is 0 Å². The summed E-state index contributed by atoms with van der Waals surface area (Å²) in [5, 5.41) is 8.67. The van der Waals surface area contributed by atoms with Gasteiger partial charge in [0.15, 0.2) is 0 Å². The number of amides is 1. The highest BCUT2D eigenvalue weighted by Crippen LogP contribution is 2.35. The topological polar surface area (TPSA) is 49.3 Å². The molecule has 0 rings (SSSR count). The normalized spacial score (nSPS) is 15.1. The maximum Gasteiger partial charge on any atom is 0.246 e. The first-order valence-corrected chi connectivity index (χ1v) is 5.02. The molecule has 0 bridgehead atoms. The van der Waals surface area contributed by atoms with E-state index in [2.05, 4.69) is 20.8 Å². The summed E-state index contributed by atoms with van der Waals surface area (Å²) in [6.45, 7) is 12.3. The third kappa shape index (κ3) is 4.61. The Balaban J connectivity index is 4.67. The summed E-state index contributed by atoms with van der Waals surface area (Å²) in [6.07, 6.45) is 0.767. The number of hydrogen-bond acceptors (Lipinski definition) is 2. The van der Waals surface area contributed by atoms with E-state index in [-0.39, 0.29) is 22.7 Å². The molecule has 0 saturated heterocycles. The van der Waals surface area contributed by atoms with Crippen LogP contribution in [0.2, 0.25) is 0 Å². The van der Waals surface area contributed by atoms with Gasteiger partial charge in [0.2, 0.25) is 5.91 Å². The van der Waals surface area contributed by atoms with Crippen LogP contribution in [0.25, 0.3) is 0 Å². The van der Waals surface area contributed by atoms with Crippen molar-refractivity contribution in [3.8, 4) is 0 Å². The van der Waals surface area contributed by atoms with Gasteiger partial charge in [-0.3, -0.25) is 10.0 Å². The van der Waals surface area contributed by atoms with Crippen molar-refractivity contribution >= 4 is 5.91 Å². The third-order valence-electron chi connectivity index (χ3n) is 2.29. The van der Waals surface area contributed by atoms with Crippen LogP contribution in [0.4, 0.5) is 0 Å². The summed E-state index contributed by atoms with van der Waals surface area (Å²) in [6, 6.07) is 0. The van der Waals surface area contributed by atoms with Gasteiger partial charge >= 0.3 is 0 Å². The smallest absolute Gasteiger partial charge is 0.246 e. The van der Waals surface area contributed by atoms with E-state index in [1.54, 1.807) is 5.48 Å². The lowest BCUT2D eigenvalue weighted by atomic mass is 9.72. The minimum atomic E-state index is -0.285. The number of hydrogen-bond donors (Lipinski definition) is 2. The molecule has 14 heavy (non-hydrogen) atoms. The van der Waals surface area contributed by atoms with Crippen molar-refractivity contribution < 1.29 is 10.0 Å². The Bertz CT molecular complexity index is 198. The third-order valence-corrected chi connectivity index (χ3v) is 2.29. The van der Waals surface area contributed by atoms with Crippen LogP contribution in [0.15, 0.2) is 0 Å². The van der Waals surface area contributed by atoms with Gasteiger partial charge in [0.05, 0.1) is 0 Å². The van der Waals surface area contributed by atoms with Gasteiger partial charge in [0.1, 0.15) is 0 Å². The number of rotatable bonds is 2. The average molecular weight is 201 g/mol. The summed E-state index contributed by atoms with van der Waals surface area (Å²) in [4.78, 5) is 11.5. The van der Waals surface area contributed by atoms with Crippen molar-refractivity contribution in [2.24, 2.45) is 16.7 Å². The first-order valence-electron chi connectivity index (χ1n) is 5.02. The zero-order valence-electron chi connectivity index (χ0n) is 10.1. The molecule has 2 N–H and O–H groups in total. The van der Waals surface area contributed by atoms with E-state index in [4.69, 9.17) is 5.21 Å². The van der Waals surface area contributed by atoms with Crippen LogP contribution < -0.4 is 5.48 Å². The highest BCUT2D eigenvalue weighted by atomic mass is 16.5. The molecule has 0 aliphatic rings. The first kappa shape index (κ1) is 13.4. The molecule has 0 aromatic rings. The van der Waals surface area contributed by atoms with E-state index >= 15 is 0 Å². The van der Waals surface area contributed by atoms with E-state index in [9.17, 15) is 4.79 Å². The molecule has 84 valence electrons. The molecule has 3 heteroatoms. The Hall–Kier alpha value is -0.570. The standard InChI is InChI=1S/C11H23NO2/c1-10(2,3)7-8(9(13)12-14)11(4,5)6/h8,14H,7H2,1-6H3,(H,12,13). The predicted octanol–water partition coefficient (Wildman–Crippen LogP) is 2.59. The quantitative estimate of drug-likeness (QED) is 0.533. The number of hydroxylamine groups is 1. The number of nitrogens with one attached hydrogen (secondary N) is 1. The molecular weight excluding hydrogens is 178 g/mol. The minimum absolute atomic E-state index is 0.0878. The molecule has 0 saturated carbocycles. The number of carbonyl (C=O) groups excluding carboxylic acids is 1. The Morgan fingerprint density at radius 1 is 1.21 bits per heavy atom. The van der Waals surface area contributed by atoms with Crippen molar-refractivity contribution in [3.63, 3.8) is 0 Å². The fourth-order valence-electron chi connectivity index (χ4n) is 1.48. The summed E-state index contributed by atoms with van der Waals surface area (Å²) in [5.74, 6) is -0.445. The summed E-state index contributed by atoms with van der Waals surface area (Å²) in [7, 11) is 0.